The van der Waals surface area contributed by atoms with Gasteiger partial charge in [-0.1, -0.05) is 18.2 Å². The molecule has 4 aromatic rings. The SMILES string of the molecule is COc1ccc(CN2Nc3nc(-c4cc(F)cc(F)c4)c(C#N)c(-c4c(F)cccc4N4CCN(C(=O)OC(C)(C)C)CC4)c3C2C)cc1. The predicted molar refractivity (Wildman–Crippen MR) is 180 cm³/mol. The number of nitrogens with zero attached hydrogens (tertiary/aromatic N) is 5. The predicted octanol–water partition coefficient (Wildman–Crippen LogP) is 7.67. The molecule has 1 fully saturated rings. The molecular formula is C37H37F3N6O3. The summed E-state index contributed by atoms with van der Waals surface area (Å²) in [6, 6.07) is 17.0. The highest BCUT2D eigenvalue weighted by molar-refractivity contribution is 5.92. The Labute approximate surface area is 283 Å². The first kappa shape index (κ1) is 33.6. The zero-order valence-electron chi connectivity index (χ0n) is 28.0. The molecule has 1 aromatic heterocycles. The highest BCUT2D eigenvalue weighted by atomic mass is 19.1. The first-order valence-electron chi connectivity index (χ1n) is 16.0. The third-order valence-electron chi connectivity index (χ3n) is 8.64. The van der Waals surface area contributed by atoms with Crippen LogP contribution in [0.4, 0.5) is 29.5 Å². The molecule has 2 aliphatic heterocycles. The Balaban J connectivity index is 1.47. The molecule has 254 valence electrons. The summed E-state index contributed by atoms with van der Waals surface area (Å²) >= 11 is 0. The summed E-state index contributed by atoms with van der Waals surface area (Å²) in [7, 11) is 1.59. The minimum absolute atomic E-state index is 0.0116. The number of rotatable bonds is 6. The molecular weight excluding hydrogens is 633 g/mol. The number of hydrogen-bond acceptors (Lipinski definition) is 8. The lowest BCUT2D eigenvalue weighted by atomic mass is 9.88. The van der Waals surface area contributed by atoms with E-state index in [2.05, 4.69) is 11.5 Å². The summed E-state index contributed by atoms with van der Waals surface area (Å²) < 4.78 is 56.3. The van der Waals surface area contributed by atoms with E-state index >= 15 is 4.39 Å². The largest absolute Gasteiger partial charge is 0.497 e. The number of benzene rings is 3. The number of nitrogens with one attached hydrogen (secondary N) is 1. The number of methoxy groups -OCH3 is 1. The van der Waals surface area contributed by atoms with Crippen LogP contribution in [0, 0.1) is 28.8 Å². The van der Waals surface area contributed by atoms with E-state index in [1.165, 1.54) is 6.07 Å². The van der Waals surface area contributed by atoms with Crippen molar-refractivity contribution in [1.29, 1.82) is 5.26 Å². The van der Waals surface area contributed by atoms with E-state index < -0.39 is 35.2 Å². The molecule has 3 aromatic carbocycles. The van der Waals surface area contributed by atoms with Crippen molar-refractivity contribution >= 4 is 17.6 Å². The van der Waals surface area contributed by atoms with Crippen LogP contribution < -0.4 is 15.1 Å². The van der Waals surface area contributed by atoms with Crippen molar-refractivity contribution in [2.24, 2.45) is 0 Å². The van der Waals surface area contributed by atoms with Crippen LogP contribution in [0.3, 0.4) is 0 Å². The van der Waals surface area contributed by atoms with Crippen LogP contribution in [0.1, 0.15) is 50.4 Å². The molecule has 0 spiro atoms. The van der Waals surface area contributed by atoms with E-state index in [0.717, 1.165) is 23.8 Å². The summed E-state index contributed by atoms with van der Waals surface area (Å²) in [5.74, 6) is -1.19. The molecule has 6 rings (SSSR count). The molecule has 0 bridgehead atoms. The second-order valence-corrected chi connectivity index (χ2v) is 13.1. The minimum Gasteiger partial charge on any atom is -0.497 e. The number of pyridine rings is 1. The van der Waals surface area contributed by atoms with Crippen molar-refractivity contribution in [3.05, 3.63) is 94.8 Å². The molecule has 1 unspecified atom stereocenters. The van der Waals surface area contributed by atoms with E-state index in [-0.39, 0.29) is 27.9 Å². The normalized spacial score (nSPS) is 16.2. The molecule has 1 atom stereocenters. The number of amides is 1. The summed E-state index contributed by atoms with van der Waals surface area (Å²) in [5, 5.41) is 12.6. The van der Waals surface area contributed by atoms with E-state index in [9.17, 15) is 18.8 Å². The second-order valence-electron chi connectivity index (χ2n) is 13.1. The maximum atomic E-state index is 16.4. The standard InChI is InChI=1S/C37H37F3N6O3/c1-22-31-32(33-29(40)7-6-8-30(33)44-13-15-45(16-14-44)36(47)49-37(2,3)4)28(20-41)34(24-17-25(38)19-26(39)18-24)42-35(31)43-46(22)21-23-9-11-27(48-5)12-10-23/h6-12,17-19,22H,13-16,21H2,1-5H3,(H,42,43). The Morgan fingerprint density at radius 3 is 2.29 bits per heavy atom. The Morgan fingerprint density at radius 2 is 1.67 bits per heavy atom. The molecule has 1 saturated heterocycles. The molecule has 9 nitrogen and oxygen atoms in total. The quantitative estimate of drug-likeness (QED) is 0.223. The molecule has 0 saturated carbocycles. The molecule has 3 heterocycles. The van der Waals surface area contributed by atoms with Gasteiger partial charge in [-0.2, -0.15) is 5.26 Å². The maximum absolute atomic E-state index is 16.4. The number of halogens is 3. The number of hydrazine groups is 1. The number of hydrogen-bond donors (Lipinski definition) is 1. The van der Waals surface area contributed by atoms with Gasteiger partial charge in [-0.05, 0) is 69.7 Å². The Hall–Kier alpha value is -5.28. The molecule has 12 heteroatoms. The van der Waals surface area contributed by atoms with Crippen LogP contribution >= 0.6 is 0 Å². The van der Waals surface area contributed by atoms with Crippen molar-refractivity contribution in [3.8, 4) is 34.2 Å². The lowest BCUT2D eigenvalue weighted by Crippen LogP contribution is -2.50. The maximum Gasteiger partial charge on any atom is 0.410 e. The van der Waals surface area contributed by atoms with Gasteiger partial charge in [-0.3, -0.25) is 0 Å². The van der Waals surface area contributed by atoms with Crippen LogP contribution in [0.15, 0.2) is 60.7 Å². The fourth-order valence-electron chi connectivity index (χ4n) is 6.33. The lowest BCUT2D eigenvalue weighted by Gasteiger charge is -2.37. The van der Waals surface area contributed by atoms with Crippen LogP contribution in [0.2, 0.25) is 0 Å². The van der Waals surface area contributed by atoms with Gasteiger partial charge >= 0.3 is 6.09 Å². The molecule has 1 amide bonds. The van der Waals surface area contributed by atoms with E-state index in [4.69, 9.17) is 14.5 Å². The molecule has 0 radical (unpaired) electrons. The first-order valence-corrected chi connectivity index (χ1v) is 16.0. The van der Waals surface area contributed by atoms with Gasteiger partial charge in [0, 0.05) is 66.7 Å². The third-order valence-corrected chi connectivity index (χ3v) is 8.64. The summed E-state index contributed by atoms with van der Waals surface area (Å²) in [4.78, 5) is 21.1. The zero-order chi connectivity index (χ0) is 35.0. The number of ether oxygens (including phenoxy) is 2. The van der Waals surface area contributed by atoms with Gasteiger partial charge in [-0.25, -0.2) is 28.0 Å². The highest BCUT2D eigenvalue weighted by Gasteiger charge is 2.37. The van der Waals surface area contributed by atoms with Gasteiger partial charge in [0.1, 0.15) is 40.7 Å². The fourth-order valence-corrected chi connectivity index (χ4v) is 6.33. The third kappa shape index (κ3) is 6.85. The van der Waals surface area contributed by atoms with Crippen molar-refractivity contribution < 1.29 is 27.4 Å². The van der Waals surface area contributed by atoms with Crippen molar-refractivity contribution in [3.63, 3.8) is 0 Å². The number of anilines is 2. The van der Waals surface area contributed by atoms with Crippen LogP contribution in [-0.2, 0) is 11.3 Å². The monoisotopic (exact) mass is 670 g/mol. The summed E-state index contributed by atoms with van der Waals surface area (Å²) in [6.45, 7) is 9.20. The van der Waals surface area contributed by atoms with Crippen molar-refractivity contribution in [1.82, 2.24) is 14.9 Å². The Kier molecular flexibility index (Phi) is 9.14. The van der Waals surface area contributed by atoms with Gasteiger partial charge in [0.25, 0.3) is 0 Å². The number of fused-ring (bicyclic) bond motifs is 1. The Morgan fingerprint density at radius 1 is 1.00 bits per heavy atom. The Bertz CT molecular complexity index is 1910. The van der Waals surface area contributed by atoms with E-state index in [0.29, 0.717) is 55.5 Å². The fraction of sp³-hybridized carbons (Fsp3) is 0.324. The molecule has 0 aliphatic carbocycles. The minimum atomic E-state index is -0.834. The van der Waals surface area contributed by atoms with Crippen LogP contribution in [0.25, 0.3) is 22.4 Å². The zero-order valence-corrected chi connectivity index (χ0v) is 28.0. The average molecular weight is 671 g/mol. The highest BCUT2D eigenvalue weighted by Crippen LogP contribution is 2.48. The van der Waals surface area contributed by atoms with E-state index in [1.54, 1.807) is 44.9 Å². The lowest BCUT2D eigenvalue weighted by molar-refractivity contribution is 0.0240. The van der Waals surface area contributed by atoms with E-state index in [1.807, 2.05) is 41.1 Å². The van der Waals surface area contributed by atoms with Gasteiger partial charge in [-0.15, -0.1) is 0 Å². The molecule has 2 aliphatic rings. The van der Waals surface area contributed by atoms with Gasteiger partial charge in [0.2, 0.25) is 0 Å². The number of carbonyl (C=O) groups excluding carboxylic acids is 1. The topological polar surface area (TPSA) is 94.0 Å². The number of aromatic nitrogens is 1. The first-order chi connectivity index (χ1) is 23.4. The molecule has 49 heavy (non-hydrogen) atoms. The number of piperazine rings is 1. The van der Waals surface area contributed by atoms with Crippen LogP contribution in [-0.4, -0.2) is 59.9 Å². The van der Waals surface area contributed by atoms with Crippen LogP contribution in [0.5, 0.6) is 5.75 Å². The smallest absolute Gasteiger partial charge is 0.410 e. The van der Waals surface area contributed by atoms with Gasteiger partial charge in [0.05, 0.1) is 24.4 Å². The number of carbonyl (C=O) groups is 1. The van der Waals surface area contributed by atoms with Gasteiger partial charge in [0.15, 0.2) is 0 Å². The summed E-state index contributed by atoms with van der Waals surface area (Å²) in [6.07, 6.45) is -0.422. The van der Waals surface area contributed by atoms with Gasteiger partial charge < -0.3 is 24.7 Å². The van der Waals surface area contributed by atoms with Crippen molar-refractivity contribution in [2.45, 2.75) is 45.9 Å². The average Bonchev–Trinajstić information content (AvgIpc) is 3.37. The van der Waals surface area contributed by atoms with Crippen molar-refractivity contribution in [2.75, 3.05) is 43.6 Å². The second kappa shape index (κ2) is 13.3. The molecule has 1 N–H and O–H groups in total. The number of nitriles is 1. The summed E-state index contributed by atoms with van der Waals surface area (Å²) in [5.41, 5.74) is 5.23.